The van der Waals surface area contributed by atoms with Gasteiger partial charge in [0.1, 0.15) is 0 Å². The number of rotatable bonds is 7. The van der Waals surface area contributed by atoms with E-state index < -0.39 is 0 Å². The molecule has 16 heavy (non-hydrogen) atoms. The van der Waals surface area contributed by atoms with Crippen molar-refractivity contribution in [3.8, 4) is 0 Å². The van der Waals surface area contributed by atoms with Gasteiger partial charge in [-0.15, -0.1) is 11.3 Å². The zero-order valence-electron chi connectivity index (χ0n) is 10.4. The van der Waals surface area contributed by atoms with Gasteiger partial charge in [-0.3, -0.25) is 0 Å². The Hall–Kier alpha value is 0.140. The summed E-state index contributed by atoms with van der Waals surface area (Å²) in [5.41, 5.74) is 0. The van der Waals surface area contributed by atoms with Gasteiger partial charge in [0.2, 0.25) is 0 Å². The van der Waals surface area contributed by atoms with Crippen LogP contribution in [0.2, 0.25) is 0 Å². The molecule has 1 aromatic rings. The Kier molecular flexibility index (Phi) is 6.62. The quantitative estimate of drug-likeness (QED) is 0.791. The molecule has 1 heterocycles. The summed E-state index contributed by atoms with van der Waals surface area (Å²) in [6.45, 7) is 9.00. The fourth-order valence-electron chi connectivity index (χ4n) is 1.99. The zero-order valence-corrected chi connectivity index (χ0v) is 12.8. The molecule has 1 unspecified atom stereocenters. The predicted molar refractivity (Wildman–Crippen MR) is 77.2 cm³/mol. The molecule has 0 aliphatic carbocycles. The molecule has 3 heteroatoms. The summed E-state index contributed by atoms with van der Waals surface area (Å²) < 4.78 is 1.28. The Labute approximate surface area is 112 Å². The molecule has 1 N–H and O–H groups in total. The minimum absolute atomic E-state index is 0.759. The molecule has 0 spiro atoms. The van der Waals surface area contributed by atoms with Gasteiger partial charge in [0.15, 0.2) is 0 Å². The summed E-state index contributed by atoms with van der Waals surface area (Å²) in [6, 6.07) is 2.15. The van der Waals surface area contributed by atoms with E-state index in [9.17, 15) is 0 Å². The lowest BCUT2D eigenvalue weighted by Crippen LogP contribution is -2.25. The van der Waals surface area contributed by atoms with E-state index >= 15 is 0 Å². The average molecular weight is 304 g/mol. The van der Waals surface area contributed by atoms with E-state index in [1.807, 2.05) is 11.3 Å². The SMILES string of the molecule is CCNCC(Cc1sccc1Br)CC(C)C. The highest BCUT2D eigenvalue weighted by atomic mass is 79.9. The van der Waals surface area contributed by atoms with Crippen molar-refractivity contribution in [1.82, 2.24) is 5.32 Å². The second-order valence-electron chi connectivity index (χ2n) is 4.70. The van der Waals surface area contributed by atoms with Crippen molar-refractivity contribution in [1.29, 1.82) is 0 Å². The molecule has 0 aliphatic rings. The first-order chi connectivity index (χ1) is 7.63. The third kappa shape index (κ3) is 4.98. The van der Waals surface area contributed by atoms with Crippen molar-refractivity contribution in [3.63, 3.8) is 0 Å². The van der Waals surface area contributed by atoms with Crippen LogP contribution >= 0.6 is 27.3 Å². The standard InChI is InChI=1S/C13H22BrNS/c1-4-15-9-11(7-10(2)3)8-13-12(14)5-6-16-13/h5-6,10-11,15H,4,7-9H2,1-3H3. The molecule has 0 saturated carbocycles. The Bertz CT molecular complexity index is 296. The molecular weight excluding hydrogens is 282 g/mol. The molecule has 0 amide bonds. The minimum atomic E-state index is 0.759. The van der Waals surface area contributed by atoms with Crippen molar-refractivity contribution < 1.29 is 0 Å². The van der Waals surface area contributed by atoms with Crippen LogP contribution in [0.4, 0.5) is 0 Å². The van der Waals surface area contributed by atoms with Crippen molar-refractivity contribution in [3.05, 3.63) is 20.8 Å². The molecule has 1 rings (SSSR count). The van der Waals surface area contributed by atoms with Crippen LogP contribution in [0.5, 0.6) is 0 Å². The maximum atomic E-state index is 3.62. The summed E-state index contributed by atoms with van der Waals surface area (Å²) in [7, 11) is 0. The predicted octanol–water partition coefficient (Wildman–Crippen LogP) is 4.32. The number of hydrogen-bond donors (Lipinski definition) is 1. The third-order valence-electron chi connectivity index (χ3n) is 2.65. The molecule has 1 nitrogen and oxygen atoms in total. The molecule has 92 valence electrons. The van der Waals surface area contributed by atoms with Crippen molar-refractivity contribution >= 4 is 27.3 Å². The molecule has 0 aliphatic heterocycles. The second-order valence-corrected chi connectivity index (χ2v) is 6.55. The fraction of sp³-hybridized carbons (Fsp3) is 0.692. The van der Waals surface area contributed by atoms with Gasteiger partial charge >= 0.3 is 0 Å². The summed E-state index contributed by atoms with van der Waals surface area (Å²) in [4.78, 5) is 1.49. The molecule has 0 fully saturated rings. The summed E-state index contributed by atoms with van der Waals surface area (Å²) in [5, 5.41) is 5.64. The van der Waals surface area contributed by atoms with Crippen molar-refractivity contribution in [2.24, 2.45) is 11.8 Å². The lowest BCUT2D eigenvalue weighted by atomic mass is 9.93. The van der Waals surface area contributed by atoms with Gasteiger partial charge in [-0.05, 0) is 65.1 Å². The van der Waals surface area contributed by atoms with Crippen LogP contribution in [0.3, 0.4) is 0 Å². The van der Waals surface area contributed by atoms with Crippen molar-refractivity contribution in [2.45, 2.75) is 33.6 Å². The van der Waals surface area contributed by atoms with Crippen LogP contribution in [0, 0.1) is 11.8 Å². The van der Waals surface area contributed by atoms with Crippen LogP contribution in [-0.4, -0.2) is 13.1 Å². The molecule has 1 aromatic heterocycles. The minimum Gasteiger partial charge on any atom is -0.317 e. The van der Waals surface area contributed by atoms with Gasteiger partial charge in [-0.2, -0.15) is 0 Å². The highest BCUT2D eigenvalue weighted by Gasteiger charge is 2.13. The molecule has 0 bridgehead atoms. The fourth-order valence-corrected chi connectivity index (χ4v) is 3.62. The first-order valence-corrected chi connectivity index (χ1v) is 7.73. The smallest absolute Gasteiger partial charge is 0.0314 e. The topological polar surface area (TPSA) is 12.0 Å². The van der Waals surface area contributed by atoms with Crippen LogP contribution in [-0.2, 0) is 6.42 Å². The lowest BCUT2D eigenvalue weighted by Gasteiger charge is -2.19. The largest absolute Gasteiger partial charge is 0.317 e. The number of halogens is 1. The van der Waals surface area contributed by atoms with Gasteiger partial charge in [-0.25, -0.2) is 0 Å². The van der Waals surface area contributed by atoms with Gasteiger partial charge in [0, 0.05) is 9.35 Å². The summed E-state index contributed by atoms with van der Waals surface area (Å²) in [6.07, 6.45) is 2.50. The zero-order chi connectivity index (χ0) is 12.0. The monoisotopic (exact) mass is 303 g/mol. The lowest BCUT2D eigenvalue weighted by molar-refractivity contribution is 0.390. The molecule has 0 radical (unpaired) electrons. The van der Waals surface area contributed by atoms with E-state index in [0.29, 0.717) is 0 Å². The number of hydrogen-bond acceptors (Lipinski definition) is 2. The maximum absolute atomic E-state index is 3.62. The average Bonchev–Trinajstić information content (AvgIpc) is 2.60. The van der Waals surface area contributed by atoms with Crippen LogP contribution in [0.1, 0.15) is 32.1 Å². The van der Waals surface area contributed by atoms with Gasteiger partial charge < -0.3 is 5.32 Å². The third-order valence-corrected chi connectivity index (χ3v) is 4.60. The Morgan fingerprint density at radius 2 is 2.19 bits per heavy atom. The number of nitrogens with one attached hydrogen (secondary N) is 1. The van der Waals surface area contributed by atoms with E-state index in [1.165, 1.54) is 22.2 Å². The Morgan fingerprint density at radius 3 is 2.69 bits per heavy atom. The van der Waals surface area contributed by atoms with Crippen LogP contribution in [0.25, 0.3) is 0 Å². The van der Waals surface area contributed by atoms with E-state index in [4.69, 9.17) is 0 Å². The highest BCUT2D eigenvalue weighted by molar-refractivity contribution is 9.10. The Morgan fingerprint density at radius 1 is 1.44 bits per heavy atom. The summed E-state index contributed by atoms with van der Waals surface area (Å²) in [5.74, 6) is 1.54. The normalized spacial score (nSPS) is 13.3. The highest BCUT2D eigenvalue weighted by Crippen LogP contribution is 2.27. The van der Waals surface area contributed by atoms with Crippen LogP contribution in [0.15, 0.2) is 15.9 Å². The van der Waals surface area contributed by atoms with Gasteiger partial charge in [-0.1, -0.05) is 20.8 Å². The van der Waals surface area contributed by atoms with E-state index in [-0.39, 0.29) is 0 Å². The van der Waals surface area contributed by atoms with Crippen molar-refractivity contribution in [2.75, 3.05) is 13.1 Å². The second kappa shape index (κ2) is 7.46. The Balaban J connectivity index is 2.52. The van der Waals surface area contributed by atoms with E-state index in [0.717, 1.165) is 24.9 Å². The van der Waals surface area contributed by atoms with Crippen LogP contribution < -0.4 is 5.32 Å². The molecule has 0 aromatic carbocycles. The summed E-state index contributed by atoms with van der Waals surface area (Å²) >= 11 is 5.48. The first kappa shape index (κ1) is 14.2. The molecular formula is C13H22BrNS. The molecule has 1 atom stereocenters. The van der Waals surface area contributed by atoms with Gasteiger partial charge in [0.05, 0.1) is 0 Å². The number of thiophene rings is 1. The molecule has 0 saturated heterocycles. The van der Waals surface area contributed by atoms with E-state index in [1.54, 1.807) is 0 Å². The van der Waals surface area contributed by atoms with E-state index in [2.05, 4.69) is 53.5 Å². The maximum Gasteiger partial charge on any atom is 0.0314 e. The first-order valence-electron chi connectivity index (χ1n) is 6.06. The van der Waals surface area contributed by atoms with Gasteiger partial charge in [0.25, 0.3) is 0 Å².